The number of rotatable bonds is 8. The van der Waals surface area contributed by atoms with Crippen molar-refractivity contribution in [2.45, 2.75) is 59.3 Å². The lowest BCUT2D eigenvalue weighted by molar-refractivity contribution is 0.00937. The largest absolute Gasteiger partial charge is 0.379 e. The molecule has 0 aromatic carbocycles. The second-order valence-electron chi connectivity index (χ2n) is 8.57. The van der Waals surface area contributed by atoms with E-state index in [2.05, 4.69) is 41.3 Å². The molecule has 8 heteroatoms. The minimum Gasteiger partial charge on any atom is -0.379 e. The van der Waals surface area contributed by atoms with E-state index in [0.29, 0.717) is 5.41 Å². The highest BCUT2D eigenvalue weighted by molar-refractivity contribution is 14.0. The first-order valence-corrected chi connectivity index (χ1v) is 12.2. The Hall–Kier alpha value is -0.450. The summed E-state index contributed by atoms with van der Waals surface area (Å²) in [6.45, 7) is 14.1. The van der Waals surface area contributed by atoms with Crippen LogP contribution in [0.4, 0.5) is 0 Å². The number of aliphatic imine (C=N–C) groups is 1. The molecule has 2 aliphatic rings. The van der Waals surface area contributed by atoms with E-state index in [0.717, 1.165) is 70.6 Å². The van der Waals surface area contributed by atoms with Crippen molar-refractivity contribution in [2.75, 3.05) is 52.5 Å². The highest BCUT2D eigenvalue weighted by Crippen LogP contribution is 2.37. The third-order valence-corrected chi connectivity index (χ3v) is 7.33. The predicted octanol–water partition coefficient (Wildman–Crippen LogP) is 3.76. The third kappa shape index (κ3) is 7.91. The van der Waals surface area contributed by atoms with Crippen molar-refractivity contribution in [3.05, 3.63) is 15.6 Å². The summed E-state index contributed by atoms with van der Waals surface area (Å²) >= 11 is 1.81. The van der Waals surface area contributed by atoms with Gasteiger partial charge in [-0.1, -0.05) is 19.3 Å². The third-order valence-electron chi connectivity index (χ3n) is 6.20. The average molecular weight is 550 g/mol. The smallest absolute Gasteiger partial charge is 0.191 e. The van der Waals surface area contributed by atoms with Gasteiger partial charge in [-0.15, -0.1) is 35.3 Å². The molecule has 0 atom stereocenters. The van der Waals surface area contributed by atoms with Crippen molar-refractivity contribution < 1.29 is 4.74 Å². The van der Waals surface area contributed by atoms with Crippen LogP contribution in [-0.2, 0) is 11.2 Å². The van der Waals surface area contributed by atoms with Gasteiger partial charge < -0.3 is 15.4 Å². The SMILES string of the molecule is CCNC(=NCC1(CN2CCOCC2)CCCCC1)NCCc1nc(C)c(C)s1.I. The zero-order chi connectivity index (χ0) is 20.5. The standard InChI is InChI=1S/C22H39N5OS.HI/c1-4-23-21(24-11-8-20-26-18(2)19(3)29-20)25-16-22(9-6-5-7-10-22)17-27-12-14-28-15-13-27;/h4-17H2,1-3H3,(H2,23,24,25);1H. The molecule has 1 saturated heterocycles. The average Bonchev–Trinajstić information content (AvgIpc) is 3.05. The molecule has 0 unspecified atom stereocenters. The fourth-order valence-electron chi connectivity index (χ4n) is 4.42. The van der Waals surface area contributed by atoms with Gasteiger partial charge in [0.2, 0.25) is 0 Å². The van der Waals surface area contributed by atoms with Gasteiger partial charge in [0.1, 0.15) is 0 Å². The summed E-state index contributed by atoms with van der Waals surface area (Å²) in [6, 6.07) is 0. The summed E-state index contributed by atoms with van der Waals surface area (Å²) in [4.78, 5) is 13.6. The van der Waals surface area contributed by atoms with Crippen LogP contribution >= 0.6 is 35.3 Å². The number of aromatic nitrogens is 1. The molecule has 1 aromatic rings. The first-order chi connectivity index (χ1) is 14.1. The first-order valence-electron chi connectivity index (χ1n) is 11.4. The van der Waals surface area contributed by atoms with Crippen LogP contribution < -0.4 is 10.6 Å². The fraction of sp³-hybridized carbons (Fsp3) is 0.818. The first kappa shape index (κ1) is 25.8. The summed E-state index contributed by atoms with van der Waals surface area (Å²) < 4.78 is 5.55. The van der Waals surface area contributed by atoms with Crippen molar-refractivity contribution in [3.63, 3.8) is 0 Å². The van der Waals surface area contributed by atoms with Gasteiger partial charge in [-0.3, -0.25) is 9.89 Å². The Balaban J connectivity index is 0.00000320. The summed E-state index contributed by atoms with van der Waals surface area (Å²) in [5.41, 5.74) is 1.48. The van der Waals surface area contributed by atoms with Gasteiger partial charge in [0.05, 0.1) is 23.9 Å². The van der Waals surface area contributed by atoms with Crippen molar-refractivity contribution in [1.82, 2.24) is 20.5 Å². The van der Waals surface area contributed by atoms with E-state index >= 15 is 0 Å². The molecule has 1 aromatic heterocycles. The molecule has 172 valence electrons. The van der Waals surface area contributed by atoms with Crippen LogP contribution in [0.3, 0.4) is 0 Å². The normalized spacial score (nSPS) is 19.9. The number of aryl methyl sites for hydroxylation is 2. The van der Waals surface area contributed by atoms with Crippen LogP contribution in [-0.4, -0.2) is 68.3 Å². The Morgan fingerprint density at radius 2 is 1.90 bits per heavy atom. The van der Waals surface area contributed by atoms with E-state index in [9.17, 15) is 0 Å². The van der Waals surface area contributed by atoms with Crippen LogP contribution in [0.15, 0.2) is 4.99 Å². The summed E-state index contributed by atoms with van der Waals surface area (Å²) in [5, 5.41) is 8.17. The minimum absolute atomic E-state index is 0. The number of nitrogens with one attached hydrogen (secondary N) is 2. The van der Waals surface area contributed by atoms with Crippen molar-refractivity contribution >= 4 is 41.3 Å². The van der Waals surface area contributed by atoms with Crippen molar-refractivity contribution in [1.29, 1.82) is 0 Å². The Morgan fingerprint density at radius 1 is 1.17 bits per heavy atom. The van der Waals surface area contributed by atoms with Crippen LogP contribution in [0, 0.1) is 19.3 Å². The predicted molar refractivity (Wildman–Crippen MR) is 137 cm³/mol. The second-order valence-corrected chi connectivity index (χ2v) is 9.86. The molecule has 3 rings (SSSR count). The van der Waals surface area contributed by atoms with Crippen LogP contribution in [0.25, 0.3) is 0 Å². The summed E-state index contributed by atoms with van der Waals surface area (Å²) in [7, 11) is 0. The number of halogens is 1. The monoisotopic (exact) mass is 549 g/mol. The molecule has 2 N–H and O–H groups in total. The highest BCUT2D eigenvalue weighted by atomic mass is 127. The van der Waals surface area contributed by atoms with Gasteiger partial charge in [-0.25, -0.2) is 4.98 Å². The maximum Gasteiger partial charge on any atom is 0.191 e. The number of hydrogen-bond acceptors (Lipinski definition) is 5. The van der Waals surface area contributed by atoms with Gasteiger partial charge in [-0.2, -0.15) is 0 Å². The molecule has 0 bridgehead atoms. The Morgan fingerprint density at radius 3 is 2.53 bits per heavy atom. The van der Waals surface area contributed by atoms with E-state index < -0.39 is 0 Å². The van der Waals surface area contributed by atoms with Gasteiger partial charge in [-0.05, 0) is 33.6 Å². The van der Waals surface area contributed by atoms with Gasteiger partial charge in [0, 0.05) is 56.0 Å². The molecular weight excluding hydrogens is 509 g/mol. The lowest BCUT2D eigenvalue weighted by Crippen LogP contribution is -2.46. The van der Waals surface area contributed by atoms with E-state index in [-0.39, 0.29) is 24.0 Å². The highest BCUT2D eigenvalue weighted by Gasteiger charge is 2.34. The van der Waals surface area contributed by atoms with Crippen LogP contribution in [0.1, 0.15) is 54.6 Å². The molecule has 0 amide bonds. The van der Waals surface area contributed by atoms with E-state index in [1.165, 1.54) is 42.0 Å². The molecule has 2 heterocycles. The quantitative estimate of drug-likeness (QED) is 0.294. The lowest BCUT2D eigenvalue weighted by Gasteiger charge is -2.41. The molecule has 6 nitrogen and oxygen atoms in total. The molecule has 1 aliphatic carbocycles. The van der Waals surface area contributed by atoms with Gasteiger partial charge in [0.15, 0.2) is 5.96 Å². The molecule has 2 fully saturated rings. The number of hydrogen-bond donors (Lipinski definition) is 2. The number of guanidine groups is 1. The van der Waals surface area contributed by atoms with Gasteiger partial charge >= 0.3 is 0 Å². The van der Waals surface area contributed by atoms with Crippen LogP contribution in [0.5, 0.6) is 0 Å². The fourth-order valence-corrected chi connectivity index (χ4v) is 5.36. The Bertz CT molecular complexity index is 634. The van der Waals surface area contributed by atoms with Crippen LogP contribution in [0.2, 0.25) is 0 Å². The molecule has 1 saturated carbocycles. The Labute approximate surface area is 203 Å². The van der Waals surface area contributed by atoms with E-state index in [1.807, 2.05) is 11.3 Å². The second kappa shape index (κ2) is 13.2. The number of ether oxygens (including phenoxy) is 1. The maximum absolute atomic E-state index is 5.55. The van der Waals surface area contributed by atoms with Crippen molar-refractivity contribution in [2.24, 2.45) is 10.4 Å². The summed E-state index contributed by atoms with van der Waals surface area (Å²) in [5.74, 6) is 0.949. The van der Waals surface area contributed by atoms with Gasteiger partial charge in [0.25, 0.3) is 0 Å². The number of nitrogens with zero attached hydrogens (tertiary/aromatic N) is 3. The van der Waals surface area contributed by atoms with E-state index in [4.69, 9.17) is 9.73 Å². The number of thiazole rings is 1. The van der Waals surface area contributed by atoms with Crippen molar-refractivity contribution in [3.8, 4) is 0 Å². The minimum atomic E-state index is 0. The zero-order valence-electron chi connectivity index (χ0n) is 19.0. The Kier molecular flexibility index (Phi) is 11.3. The zero-order valence-corrected chi connectivity index (χ0v) is 22.1. The molecular formula is C22H40IN5OS. The lowest BCUT2D eigenvalue weighted by atomic mass is 9.73. The molecule has 30 heavy (non-hydrogen) atoms. The topological polar surface area (TPSA) is 61.8 Å². The maximum atomic E-state index is 5.55. The molecule has 0 radical (unpaired) electrons. The summed E-state index contributed by atoms with van der Waals surface area (Å²) in [6.07, 6.45) is 7.59. The molecule has 1 aliphatic heterocycles. The molecule has 0 spiro atoms. The number of morpholine rings is 1. The van der Waals surface area contributed by atoms with E-state index in [1.54, 1.807) is 0 Å².